The summed E-state index contributed by atoms with van der Waals surface area (Å²) >= 11 is 0. The Morgan fingerprint density at radius 3 is 2.61 bits per heavy atom. The van der Waals surface area contributed by atoms with E-state index in [-0.39, 0.29) is 5.54 Å². The van der Waals surface area contributed by atoms with Gasteiger partial charge in [-0.15, -0.1) is 0 Å². The summed E-state index contributed by atoms with van der Waals surface area (Å²) in [6.07, 6.45) is 6.93. The molecule has 1 aromatic carbocycles. The van der Waals surface area contributed by atoms with E-state index < -0.39 is 0 Å². The molecule has 2 N–H and O–H groups in total. The van der Waals surface area contributed by atoms with Crippen LogP contribution in [0.5, 0.6) is 0 Å². The van der Waals surface area contributed by atoms with Crippen LogP contribution in [-0.4, -0.2) is 10.1 Å². The third kappa shape index (κ3) is 3.14. The molecule has 0 atom stereocenters. The summed E-state index contributed by atoms with van der Waals surface area (Å²) in [7, 11) is 2.12. The minimum atomic E-state index is -0.0290. The maximum atomic E-state index is 6.01. The maximum Gasteiger partial charge on any atom is 0.0480 e. The van der Waals surface area contributed by atoms with Gasteiger partial charge in [0.2, 0.25) is 0 Å². The third-order valence-electron chi connectivity index (χ3n) is 3.50. The predicted molar refractivity (Wildman–Crippen MR) is 78.7 cm³/mol. The average molecular weight is 244 g/mol. The smallest absolute Gasteiger partial charge is 0.0480 e. The highest BCUT2D eigenvalue weighted by molar-refractivity contribution is 5.83. The van der Waals surface area contributed by atoms with Crippen molar-refractivity contribution in [2.45, 2.75) is 45.1 Å². The van der Waals surface area contributed by atoms with E-state index in [2.05, 4.69) is 55.9 Å². The highest BCUT2D eigenvalue weighted by Crippen LogP contribution is 2.22. The van der Waals surface area contributed by atoms with Crippen molar-refractivity contribution in [2.75, 3.05) is 0 Å². The van der Waals surface area contributed by atoms with Gasteiger partial charge in [-0.1, -0.05) is 24.6 Å². The molecule has 1 aromatic heterocycles. The number of unbranched alkanes of at least 4 members (excludes halogenated alkanes) is 1. The number of rotatable bonds is 5. The highest BCUT2D eigenvalue weighted by atomic mass is 14.9. The first-order chi connectivity index (χ1) is 8.47. The van der Waals surface area contributed by atoms with Crippen molar-refractivity contribution >= 4 is 10.9 Å². The van der Waals surface area contributed by atoms with Gasteiger partial charge >= 0.3 is 0 Å². The van der Waals surface area contributed by atoms with E-state index in [4.69, 9.17) is 5.73 Å². The maximum absolute atomic E-state index is 6.01. The Morgan fingerprint density at radius 2 is 1.89 bits per heavy atom. The molecule has 0 saturated heterocycles. The zero-order valence-electron chi connectivity index (χ0n) is 11.7. The second-order valence-electron chi connectivity index (χ2n) is 5.98. The monoisotopic (exact) mass is 244 g/mol. The van der Waals surface area contributed by atoms with Gasteiger partial charge in [-0.25, -0.2) is 0 Å². The van der Waals surface area contributed by atoms with Gasteiger partial charge in [0, 0.05) is 29.7 Å². The van der Waals surface area contributed by atoms with Crippen LogP contribution in [0.15, 0.2) is 30.5 Å². The summed E-state index contributed by atoms with van der Waals surface area (Å²) < 4.78 is 2.22. The lowest BCUT2D eigenvalue weighted by molar-refractivity contribution is 0.450. The molecule has 0 unspecified atom stereocenters. The quantitative estimate of drug-likeness (QED) is 0.800. The molecule has 2 rings (SSSR count). The van der Waals surface area contributed by atoms with Gasteiger partial charge in [-0.05, 0) is 44.7 Å². The first-order valence-corrected chi connectivity index (χ1v) is 6.79. The Morgan fingerprint density at radius 1 is 1.17 bits per heavy atom. The molecule has 0 spiro atoms. The molecule has 2 aromatic rings. The number of nitrogens with zero attached hydrogens (tertiary/aromatic N) is 1. The van der Waals surface area contributed by atoms with Crippen molar-refractivity contribution < 1.29 is 0 Å². The molecule has 0 bridgehead atoms. The van der Waals surface area contributed by atoms with Gasteiger partial charge < -0.3 is 10.3 Å². The summed E-state index contributed by atoms with van der Waals surface area (Å²) in [4.78, 5) is 0. The van der Waals surface area contributed by atoms with Crippen molar-refractivity contribution in [2.24, 2.45) is 12.8 Å². The van der Waals surface area contributed by atoms with Crippen LogP contribution in [0.2, 0.25) is 0 Å². The summed E-state index contributed by atoms with van der Waals surface area (Å²) in [5.74, 6) is 0. The van der Waals surface area contributed by atoms with Crippen LogP contribution < -0.4 is 5.73 Å². The molecule has 0 fully saturated rings. The van der Waals surface area contributed by atoms with Crippen molar-refractivity contribution in [3.63, 3.8) is 0 Å². The molecule has 1 heterocycles. The molecule has 0 saturated carbocycles. The largest absolute Gasteiger partial charge is 0.350 e. The molecule has 2 nitrogen and oxygen atoms in total. The Kier molecular flexibility index (Phi) is 3.76. The van der Waals surface area contributed by atoms with Gasteiger partial charge in [0.1, 0.15) is 0 Å². The first kappa shape index (κ1) is 13.2. The number of hydrogen-bond acceptors (Lipinski definition) is 1. The van der Waals surface area contributed by atoms with Gasteiger partial charge in [-0.2, -0.15) is 0 Å². The molecule has 18 heavy (non-hydrogen) atoms. The van der Waals surface area contributed by atoms with E-state index in [0.717, 1.165) is 12.8 Å². The van der Waals surface area contributed by atoms with Crippen molar-refractivity contribution in [1.82, 2.24) is 4.57 Å². The Balaban J connectivity index is 2.00. The van der Waals surface area contributed by atoms with Gasteiger partial charge in [0.15, 0.2) is 0 Å². The van der Waals surface area contributed by atoms with E-state index in [1.54, 1.807) is 0 Å². The fourth-order valence-corrected chi connectivity index (χ4v) is 2.52. The summed E-state index contributed by atoms with van der Waals surface area (Å²) in [6.45, 7) is 4.20. The lowest BCUT2D eigenvalue weighted by atomic mass is 9.97. The summed E-state index contributed by atoms with van der Waals surface area (Å²) in [5.41, 5.74) is 8.76. The Labute approximate surface area is 110 Å². The van der Waals surface area contributed by atoms with Crippen molar-refractivity contribution in [3.8, 4) is 0 Å². The SMILES string of the molecule is Cn1cc(CCCCC(C)(C)N)c2ccccc21. The van der Waals surface area contributed by atoms with Crippen LogP contribution in [0.4, 0.5) is 0 Å². The van der Waals surface area contributed by atoms with Crippen LogP contribution in [0, 0.1) is 0 Å². The first-order valence-electron chi connectivity index (χ1n) is 6.79. The van der Waals surface area contributed by atoms with Gasteiger partial charge in [0.05, 0.1) is 0 Å². The topological polar surface area (TPSA) is 30.9 Å². The lowest BCUT2D eigenvalue weighted by Gasteiger charge is -2.17. The third-order valence-corrected chi connectivity index (χ3v) is 3.50. The number of nitrogens with two attached hydrogens (primary N) is 1. The fraction of sp³-hybridized carbons (Fsp3) is 0.500. The van der Waals surface area contributed by atoms with Gasteiger partial charge in [0.25, 0.3) is 0 Å². The standard InChI is InChI=1S/C16H24N2/c1-16(2,17)11-7-6-8-13-12-18(3)15-10-5-4-9-14(13)15/h4-5,9-10,12H,6-8,11,17H2,1-3H3. The number of hydrogen-bond donors (Lipinski definition) is 1. The van der Waals surface area contributed by atoms with E-state index in [1.165, 1.54) is 29.3 Å². The molecular formula is C16H24N2. The highest BCUT2D eigenvalue weighted by Gasteiger charge is 2.10. The summed E-state index contributed by atoms with van der Waals surface area (Å²) in [6, 6.07) is 8.62. The Hall–Kier alpha value is -1.28. The molecule has 0 aliphatic heterocycles. The number of para-hydroxylation sites is 1. The molecule has 0 amide bonds. The molecular weight excluding hydrogens is 220 g/mol. The number of fused-ring (bicyclic) bond motifs is 1. The second kappa shape index (κ2) is 5.15. The minimum absolute atomic E-state index is 0.0290. The van der Waals surface area contributed by atoms with Crippen LogP contribution in [0.3, 0.4) is 0 Å². The molecule has 0 radical (unpaired) electrons. The molecule has 0 aliphatic rings. The number of aryl methyl sites for hydroxylation is 2. The zero-order valence-corrected chi connectivity index (χ0v) is 11.7. The zero-order chi connectivity index (χ0) is 13.2. The normalized spacial score (nSPS) is 12.2. The minimum Gasteiger partial charge on any atom is -0.350 e. The van der Waals surface area contributed by atoms with Crippen LogP contribution in [0.25, 0.3) is 10.9 Å². The number of aromatic nitrogens is 1. The van der Waals surface area contributed by atoms with Crippen LogP contribution in [-0.2, 0) is 13.5 Å². The fourth-order valence-electron chi connectivity index (χ4n) is 2.52. The Bertz CT molecular complexity index is 517. The van der Waals surface area contributed by atoms with E-state index in [1.807, 2.05) is 0 Å². The van der Waals surface area contributed by atoms with Gasteiger partial charge in [-0.3, -0.25) is 0 Å². The van der Waals surface area contributed by atoms with E-state index in [0.29, 0.717) is 0 Å². The second-order valence-corrected chi connectivity index (χ2v) is 5.98. The molecule has 0 aliphatic carbocycles. The predicted octanol–water partition coefficient (Wildman–Crippen LogP) is 3.63. The van der Waals surface area contributed by atoms with Crippen molar-refractivity contribution in [1.29, 1.82) is 0 Å². The lowest BCUT2D eigenvalue weighted by Crippen LogP contribution is -2.31. The number of benzene rings is 1. The molecule has 2 heteroatoms. The van der Waals surface area contributed by atoms with E-state index in [9.17, 15) is 0 Å². The van der Waals surface area contributed by atoms with E-state index >= 15 is 0 Å². The van der Waals surface area contributed by atoms with Crippen LogP contribution >= 0.6 is 0 Å². The average Bonchev–Trinajstić information content (AvgIpc) is 2.62. The van der Waals surface area contributed by atoms with Crippen molar-refractivity contribution in [3.05, 3.63) is 36.0 Å². The molecule has 98 valence electrons. The summed E-state index contributed by atoms with van der Waals surface area (Å²) in [5, 5.41) is 1.40. The van der Waals surface area contributed by atoms with Crippen LogP contribution in [0.1, 0.15) is 38.7 Å².